The molecule has 0 spiro atoms. The molecule has 0 saturated carbocycles. The summed E-state index contributed by atoms with van der Waals surface area (Å²) in [6.45, 7) is 0.325. The first-order valence-electron chi connectivity index (χ1n) is 5.07. The predicted octanol–water partition coefficient (Wildman–Crippen LogP) is 3.49. The third kappa shape index (κ3) is 2.89. The topological polar surface area (TPSA) is 62.5 Å². The Balaban J connectivity index is 2.02. The first-order valence-corrected chi connectivity index (χ1v) is 5.86. The monoisotopic (exact) mass is 313 g/mol. The van der Waals surface area contributed by atoms with Gasteiger partial charge in [-0.25, -0.2) is 9.18 Å². The molecule has 1 aromatic carbocycles. The Bertz CT molecular complexity index is 582. The normalized spacial score (nSPS) is 10.3. The van der Waals surface area contributed by atoms with Gasteiger partial charge in [-0.1, -0.05) is 0 Å². The third-order valence-electron chi connectivity index (χ3n) is 2.26. The second kappa shape index (κ2) is 5.22. The molecule has 2 rings (SSSR count). The van der Waals surface area contributed by atoms with Gasteiger partial charge in [-0.2, -0.15) is 0 Å². The van der Waals surface area contributed by atoms with Crippen molar-refractivity contribution in [2.24, 2.45) is 0 Å². The average Bonchev–Trinajstić information content (AvgIpc) is 2.79. The number of carboxylic acid groups (broad SMARTS) is 1. The van der Waals surface area contributed by atoms with Crippen molar-refractivity contribution in [2.75, 3.05) is 5.32 Å². The van der Waals surface area contributed by atoms with Crippen molar-refractivity contribution in [3.63, 3.8) is 0 Å². The molecule has 94 valence electrons. The Labute approximate surface area is 111 Å². The minimum absolute atomic E-state index is 0.105. The maximum atomic E-state index is 13.0. The summed E-state index contributed by atoms with van der Waals surface area (Å²) in [4.78, 5) is 10.6. The molecule has 0 aliphatic heterocycles. The minimum atomic E-state index is -1.11. The van der Waals surface area contributed by atoms with Crippen LogP contribution >= 0.6 is 15.9 Å². The Morgan fingerprint density at radius 3 is 2.78 bits per heavy atom. The van der Waals surface area contributed by atoms with Crippen LogP contribution in [0.3, 0.4) is 0 Å². The van der Waals surface area contributed by atoms with E-state index in [-0.39, 0.29) is 11.6 Å². The number of benzene rings is 1. The number of nitrogens with one attached hydrogen (secondary N) is 1. The molecule has 1 aromatic heterocycles. The fourth-order valence-corrected chi connectivity index (χ4v) is 1.76. The lowest BCUT2D eigenvalue weighted by molar-refractivity contribution is 0.0660. The quantitative estimate of drug-likeness (QED) is 0.907. The SMILES string of the molecule is O=C(O)c1ccc(CNc2ccc(F)c(Br)c2)o1. The van der Waals surface area contributed by atoms with Gasteiger partial charge in [0.1, 0.15) is 11.6 Å². The molecule has 0 aliphatic carbocycles. The second-order valence-corrected chi connectivity index (χ2v) is 4.41. The molecule has 18 heavy (non-hydrogen) atoms. The van der Waals surface area contributed by atoms with Crippen molar-refractivity contribution < 1.29 is 18.7 Å². The number of furan rings is 1. The Hall–Kier alpha value is -1.82. The molecular formula is C12H9BrFNO3. The average molecular weight is 314 g/mol. The maximum Gasteiger partial charge on any atom is 0.371 e. The Kier molecular flexibility index (Phi) is 3.66. The van der Waals surface area contributed by atoms with Crippen LogP contribution in [0.5, 0.6) is 0 Å². The number of rotatable bonds is 4. The van der Waals surface area contributed by atoms with Crippen molar-refractivity contribution in [1.29, 1.82) is 0 Å². The zero-order valence-electron chi connectivity index (χ0n) is 9.11. The van der Waals surface area contributed by atoms with Gasteiger partial charge >= 0.3 is 5.97 Å². The van der Waals surface area contributed by atoms with E-state index in [1.54, 1.807) is 18.2 Å². The van der Waals surface area contributed by atoms with E-state index in [0.29, 0.717) is 22.5 Å². The van der Waals surface area contributed by atoms with Crippen LogP contribution in [0.1, 0.15) is 16.3 Å². The summed E-state index contributed by atoms with van der Waals surface area (Å²) in [6, 6.07) is 7.48. The highest BCUT2D eigenvalue weighted by Gasteiger charge is 2.08. The lowest BCUT2D eigenvalue weighted by Gasteiger charge is -2.05. The number of hydrogen-bond donors (Lipinski definition) is 2. The molecule has 1 heterocycles. The molecule has 0 fully saturated rings. The molecule has 0 amide bonds. The van der Waals surface area contributed by atoms with Gasteiger partial charge in [0.25, 0.3) is 0 Å². The van der Waals surface area contributed by atoms with Crippen molar-refractivity contribution in [2.45, 2.75) is 6.54 Å². The number of carbonyl (C=O) groups is 1. The van der Waals surface area contributed by atoms with E-state index in [0.717, 1.165) is 0 Å². The van der Waals surface area contributed by atoms with Gasteiger partial charge < -0.3 is 14.8 Å². The molecule has 6 heteroatoms. The van der Waals surface area contributed by atoms with Crippen molar-refractivity contribution in [3.05, 3.63) is 52.1 Å². The van der Waals surface area contributed by atoms with E-state index < -0.39 is 5.97 Å². The van der Waals surface area contributed by atoms with Crippen molar-refractivity contribution in [1.82, 2.24) is 0 Å². The minimum Gasteiger partial charge on any atom is -0.475 e. The molecule has 0 atom stereocenters. The summed E-state index contributed by atoms with van der Waals surface area (Å²) < 4.78 is 18.4. The van der Waals surface area contributed by atoms with E-state index in [4.69, 9.17) is 9.52 Å². The van der Waals surface area contributed by atoms with E-state index in [2.05, 4.69) is 21.2 Å². The predicted molar refractivity (Wildman–Crippen MR) is 67.1 cm³/mol. The highest BCUT2D eigenvalue weighted by Crippen LogP contribution is 2.20. The van der Waals surface area contributed by atoms with Gasteiger partial charge in [-0.3, -0.25) is 0 Å². The lowest BCUT2D eigenvalue weighted by atomic mass is 10.3. The molecule has 2 N–H and O–H groups in total. The molecule has 0 saturated heterocycles. The smallest absolute Gasteiger partial charge is 0.371 e. The highest BCUT2D eigenvalue weighted by molar-refractivity contribution is 9.10. The number of aromatic carboxylic acids is 1. The van der Waals surface area contributed by atoms with E-state index >= 15 is 0 Å². The first kappa shape index (κ1) is 12.6. The van der Waals surface area contributed by atoms with Crippen LogP contribution in [-0.4, -0.2) is 11.1 Å². The van der Waals surface area contributed by atoms with Gasteiger partial charge in [0.2, 0.25) is 5.76 Å². The molecule has 0 unspecified atom stereocenters. The summed E-state index contributed by atoms with van der Waals surface area (Å²) in [5.74, 6) is -1.06. The second-order valence-electron chi connectivity index (χ2n) is 3.55. The zero-order chi connectivity index (χ0) is 13.1. The third-order valence-corrected chi connectivity index (χ3v) is 2.87. The van der Waals surface area contributed by atoms with Crippen molar-refractivity contribution >= 4 is 27.6 Å². The Morgan fingerprint density at radius 2 is 2.17 bits per heavy atom. The summed E-state index contributed by atoms with van der Waals surface area (Å²) >= 11 is 3.08. The van der Waals surface area contributed by atoms with Crippen LogP contribution in [0.25, 0.3) is 0 Å². The first-order chi connectivity index (χ1) is 8.56. The van der Waals surface area contributed by atoms with E-state index in [1.807, 2.05) is 0 Å². The van der Waals surface area contributed by atoms with Crippen LogP contribution in [0.4, 0.5) is 10.1 Å². The summed E-state index contributed by atoms with van der Waals surface area (Å²) in [5, 5.41) is 11.7. The van der Waals surface area contributed by atoms with Crippen LogP contribution in [0.2, 0.25) is 0 Å². The fraction of sp³-hybridized carbons (Fsp3) is 0.0833. The summed E-state index contributed by atoms with van der Waals surface area (Å²) in [7, 11) is 0. The van der Waals surface area contributed by atoms with Crippen LogP contribution in [0, 0.1) is 5.82 Å². The summed E-state index contributed by atoms with van der Waals surface area (Å²) in [6.07, 6.45) is 0. The van der Waals surface area contributed by atoms with Crippen LogP contribution < -0.4 is 5.32 Å². The standard InChI is InChI=1S/C12H9BrFNO3/c13-9-5-7(1-3-10(9)14)15-6-8-2-4-11(18-8)12(16)17/h1-5,15H,6H2,(H,16,17). The number of halogens is 2. The van der Waals surface area contributed by atoms with Gasteiger partial charge in [0.15, 0.2) is 0 Å². The fourth-order valence-electron chi connectivity index (χ4n) is 1.38. The zero-order valence-corrected chi connectivity index (χ0v) is 10.7. The number of anilines is 1. The number of carboxylic acids is 1. The van der Waals surface area contributed by atoms with Gasteiger partial charge in [0, 0.05) is 5.69 Å². The molecule has 0 bridgehead atoms. The van der Waals surface area contributed by atoms with Gasteiger partial charge in [-0.15, -0.1) is 0 Å². The van der Waals surface area contributed by atoms with E-state index in [1.165, 1.54) is 12.1 Å². The maximum absolute atomic E-state index is 13.0. The summed E-state index contributed by atoms with van der Waals surface area (Å²) in [5.41, 5.74) is 0.705. The molecule has 0 aliphatic rings. The largest absolute Gasteiger partial charge is 0.475 e. The molecule has 2 aromatic rings. The van der Waals surface area contributed by atoms with Gasteiger partial charge in [0.05, 0.1) is 11.0 Å². The van der Waals surface area contributed by atoms with Gasteiger partial charge in [-0.05, 0) is 46.3 Å². The molecule has 0 radical (unpaired) electrons. The highest BCUT2D eigenvalue weighted by atomic mass is 79.9. The van der Waals surface area contributed by atoms with Crippen LogP contribution in [0.15, 0.2) is 39.2 Å². The van der Waals surface area contributed by atoms with E-state index in [9.17, 15) is 9.18 Å². The molecular weight excluding hydrogens is 305 g/mol. The lowest BCUT2D eigenvalue weighted by Crippen LogP contribution is -1.98. The Morgan fingerprint density at radius 1 is 1.39 bits per heavy atom. The van der Waals surface area contributed by atoms with Crippen LogP contribution in [-0.2, 0) is 6.54 Å². The number of hydrogen-bond acceptors (Lipinski definition) is 3. The van der Waals surface area contributed by atoms with Crippen molar-refractivity contribution in [3.8, 4) is 0 Å². The molecule has 4 nitrogen and oxygen atoms in total.